The highest BCUT2D eigenvalue weighted by Crippen LogP contribution is 2.41. The number of benzene rings is 1. The van der Waals surface area contributed by atoms with E-state index in [1.807, 2.05) is 0 Å². The van der Waals surface area contributed by atoms with Crippen molar-refractivity contribution >= 4 is 17.3 Å². The number of aryl methyl sites for hydroxylation is 1. The topological polar surface area (TPSA) is 43.1 Å². The number of hydrogen-bond acceptors (Lipinski definition) is 3. The highest BCUT2D eigenvalue weighted by molar-refractivity contribution is 6.37. The van der Waals surface area contributed by atoms with Crippen LogP contribution >= 0.6 is 11.6 Å². The third kappa shape index (κ3) is 2.79. The fourth-order valence-corrected chi connectivity index (χ4v) is 3.67. The summed E-state index contributed by atoms with van der Waals surface area (Å²) >= 11 is 6.23. The van der Waals surface area contributed by atoms with Gasteiger partial charge in [-0.15, -0.1) is 0 Å². The number of fused-ring (bicyclic) bond motifs is 3. The molecule has 4 nitrogen and oxygen atoms in total. The highest BCUT2D eigenvalue weighted by atomic mass is 35.5. The zero-order valence-corrected chi connectivity index (χ0v) is 15.5. The van der Waals surface area contributed by atoms with E-state index in [2.05, 4.69) is 15.0 Å². The molecule has 144 valence electrons. The fraction of sp³-hybridized carbons (Fsp3) is 0.211. The monoisotopic (exact) mass is 408 g/mol. The Morgan fingerprint density at radius 2 is 1.89 bits per heavy atom. The molecule has 9 heteroatoms. The minimum absolute atomic E-state index is 0.0270. The average molecular weight is 409 g/mol. The SMILES string of the molecule is Cc1cnc2n1-c1ccc(C(F)(F)F)c(Cl)c1C(c1ncccc1F)=NC2C. The van der Waals surface area contributed by atoms with Crippen LogP contribution in [0.2, 0.25) is 5.02 Å². The van der Waals surface area contributed by atoms with Gasteiger partial charge in [-0.3, -0.25) is 14.5 Å². The minimum atomic E-state index is -4.68. The van der Waals surface area contributed by atoms with Crippen molar-refractivity contribution in [2.45, 2.75) is 26.1 Å². The van der Waals surface area contributed by atoms with E-state index in [0.29, 0.717) is 17.2 Å². The van der Waals surface area contributed by atoms with Crippen LogP contribution in [-0.2, 0) is 6.18 Å². The van der Waals surface area contributed by atoms with E-state index >= 15 is 0 Å². The number of pyridine rings is 1. The molecule has 0 saturated heterocycles. The summed E-state index contributed by atoms with van der Waals surface area (Å²) in [5.74, 6) is -0.190. The third-order valence-corrected chi connectivity index (χ3v) is 4.94. The number of hydrogen-bond donors (Lipinski definition) is 0. The molecule has 0 saturated carbocycles. The molecule has 4 rings (SSSR count). The van der Waals surface area contributed by atoms with Gasteiger partial charge in [-0.25, -0.2) is 9.37 Å². The van der Waals surface area contributed by atoms with Gasteiger partial charge < -0.3 is 0 Å². The van der Waals surface area contributed by atoms with E-state index in [-0.39, 0.29) is 17.0 Å². The largest absolute Gasteiger partial charge is 0.417 e. The van der Waals surface area contributed by atoms with Crippen molar-refractivity contribution in [1.29, 1.82) is 0 Å². The number of aliphatic imine (C=N–C) groups is 1. The Kier molecular flexibility index (Phi) is 4.26. The van der Waals surface area contributed by atoms with Gasteiger partial charge in [-0.05, 0) is 38.1 Å². The first-order valence-electron chi connectivity index (χ1n) is 8.33. The van der Waals surface area contributed by atoms with Crippen LogP contribution in [0, 0.1) is 12.7 Å². The summed E-state index contributed by atoms with van der Waals surface area (Å²) in [5, 5.41) is -0.554. The number of rotatable bonds is 1. The number of aromatic nitrogens is 3. The first-order valence-corrected chi connectivity index (χ1v) is 8.71. The lowest BCUT2D eigenvalue weighted by Crippen LogP contribution is -2.16. The third-order valence-electron chi connectivity index (χ3n) is 4.55. The summed E-state index contributed by atoms with van der Waals surface area (Å²) in [6.45, 7) is 3.49. The molecule has 2 aromatic heterocycles. The van der Waals surface area contributed by atoms with Crippen LogP contribution in [0.3, 0.4) is 0 Å². The van der Waals surface area contributed by atoms with Crippen LogP contribution in [0.4, 0.5) is 17.6 Å². The van der Waals surface area contributed by atoms with Gasteiger partial charge in [0.1, 0.15) is 17.6 Å². The van der Waals surface area contributed by atoms with Crippen molar-refractivity contribution in [1.82, 2.24) is 14.5 Å². The summed E-state index contributed by atoms with van der Waals surface area (Å²) in [5.41, 5.74) is -0.221. The van der Waals surface area contributed by atoms with E-state index in [1.54, 1.807) is 24.6 Å². The normalized spacial score (nSPS) is 16.2. The lowest BCUT2D eigenvalue weighted by Gasteiger charge is -2.18. The minimum Gasteiger partial charge on any atom is -0.298 e. The van der Waals surface area contributed by atoms with Gasteiger partial charge in [-0.2, -0.15) is 13.2 Å². The zero-order chi connectivity index (χ0) is 20.2. The second kappa shape index (κ2) is 6.41. The molecular weight excluding hydrogens is 396 g/mol. The lowest BCUT2D eigenvalue weighted by atomic mass is 10.00. The molecule has 1 aliphatic rings. The zero-order valence-electron chi connectivity index (χ0n) is 14.7. The first kappa shape index (κ1) is 18.6. The second-order valence-corrected chi connectivity index (χ2v) is 6.78. The lowest BCUT2D eigenvalue weighted by molar-refractivity contribution is -0.137. The molecule has 3 heterocycles. The molecule has 0 radical (unpaired) electrons. The maximum absolute atomic E-state index is 14.5. The molecule has 1 aromatic carbocycles. The smallest absolute Gasteiger partial charge is 0.298 e. The predicted octanol–water partition coefficient (Wildman–Crippen LogP) is 5.30. The summed E-state index contributed by atoms with van der Waals surface area (Å²) in [4.78, 5) is 12.8. The van der Waals surface area contributed by atoms with Crippen molar-refractivity contribution in [3.05, 3.63) is 75.8 Å². The van der Waals surface area contributed by atoms with Crippen LogP contribution in [-0.4, -0.2) is 20.2 Å². The summed E-state index contributed by atoms with van der Waals surface area (Å²) < 4.78 is 56.6. The van der Waals surface area contributed by atoms with Gasteiger partial charge in [0, 0.05) is 23.7 Å². The number of nitrogens with zero attached hydrogens (tertiary/aromatic N) is 4. The fourth-order valence-electron chi connectivity index (χ4n) is 3.32. The van der Waals surface area contributed by atoms with Crippen molar-refractivity contribution < 1.29 is 17.6 Å². The maximum atomic E-state index is 14.5. The number of imidazole rings is 1. The van der Waals surface area contributed by atoms with Crippen molar-refractivity contribution in [3.63, 3.8) is 0 Å². The Hall–Kier alpha value is -2.74. The molecule has 0 spiro atoms. The molecule has 0 bridgehead atoms. The van der Waals surface area contributed by atoms with Crippen LogP contribution in [0.25, 0.3) is 5.69 Å². The van der Waals surface area contributed by atoms with Gasteiger partial charge in [0.25, 0.3) is 0 Å². The summed E-state index contributed by atoms with van der Waals surface area (Å²) in [6, 6.07) is 4.22. The Bertz CT molecular complexity index is 1120. The molecule has 0 N–H and O–H groups in total. The molecule has 3 aromatic rings. The van der Waals surface area contributed by atoms with Crippen molar-refractivity contribution in [2.75, 3.05) is 0 Å². The van der Waals surface area contributed by atoms with E-state index in [9.17, 15) is 17.6 Å². The Balaban J connectivity index is 2.13. The second-order valence-electron chi connectivity index (χ2n) is 6.40. The molecule has 0 aliphatic carbocycles. The summed E-state index contributed by atoms with van der Waals surface area (Å²) in [6.07, 6.45) is -1.73. The number of alkyl halides is 3. The average Bonchev–Trinajstić information content (AvgIpc) is 2.94. The molecule has 1 unspecified atom stereocenters. The molecule has 1 atom stereocenters. The molecule has 0 fully saturated rings. The highest BCUT2D eigenvalue weighted by Gasteiger charge is 2.37. The summed E-state index contributed by atoms with van der Waals surface area (Å²) in [7, 11) is 0. The van der Waals surface area contributed by atoms with Crippen LogP contribution in [0.5, 0.6) is 0 Å². The standard InChI is InChI=1S/C19H13ClF4N4/c1-9-8-26-18-10(2)27-17(16-12(21)4-3-7-25-16)14-13(28(9)18)6-5-11(15(14)20)19(22,23)24/h3-8,10H,1-2H3. The van der Waals surface area contributed by atoms with Crippen LogP contribution in [0.15, 0.2) is 41.7 Å². The van der Waals surface area contributed by atoms with Crippen LogP contribution < -0.4 is 0 Å². The van der Waals surface area contributed by atoms with Gasteiger partial charge in [0.15, 0.2) is 5.82 Å². The predicted molar refractivity (Wildman–Crippen MR) is 96.6 cm³/mol. The Morgan fingerprint density at radius 1 is 1.14 bits per heavy atom. The van der Waals surface area contributed by atoms with Crippen LogP contribution in [0.1, 0.15) is 41.3 Å². The molecular formula is C19H13ClF4N4. The van der Waals surface area contributed by atoms with E-state index in [1.165, 1.54) is 24.4 Å². The van der Waals surface area contributed by atoms with Crippen molar-refractivity contribution in [3.8, 4) is 5.69 Å². The Morgan fingerprint density at radius 3 is 2.57 bits per heavy atom. The molecule has 28 heavy (non-hydrogen) atoms. The van der Waals surface area contributed by atoms with E-state index in [0.717, 1.165) is 6.07 Å². The van der Waals surface area contributed by atoms with Gasteiger partial charge in [0.05, 0.1) is 22.0 Å². The quantitative estimate of drug-likeness (QED) is 0.513. The number of halogens is 5. The molecule has 0 amide bonds. The first-order chi connectivity index (χ1) is 13.2. The van der Waals surface area contributed by atoms with Gasteiger partial charge in [0.2, 0.25) is 0 Å². The van der Waals surface area contributed by atoms with E-state index < -0.39 is 28.6 Å². The van der Waals surface area contributed by atoms with Crippen molar-refractivity contribution in [2.24, 2.45) is 4.99 Å². The molecule has 1 aliphatic heterocycles. The Labute approximate surface area is 162 Å². The van der Waals surface area contributed by atoms with E-state index in [4.69, 9.17) is 11.6 Å². The van der Waals surface area contributed by atoms with Gasteiger partial charge >= 0.3 is 6.18 Å². The maximum Gasteiger partial charge on any atom is 0.417 e. The van der Waals surface area contributed by atoms with Gasteiger partial charge in [-0.1, -0.05) is 11.6 Å².